The van der Waals surface area contributed by atoms with Crippen LogP contribution in [0.15, 0.2) is 78.9 Å². The quantitative estimate of drug-likeness (QED) is 0.496. The summed E-state index contributed by atoms with van der Waals surface area (Å²) in [6.07, 6.45) is 1.25. The van der Waals surface area contributed by atoms with Crippen LogP contribution in [0.4, 0.5) is 0 Å². The van der Waals surface area contributed by atoms with Crippen LogP contribution in [0, 0.1) is 11.8 Å². The van der Waals surface area contributed by atoms with Crippen LogP contribution in [-0.2, 0) is 6.54 Å². The molecular weight excluding hydrogens is 420 g/mol. The first-order chi connectivity index (χ1) is 16.7. The van der Waals surface area contributed by atoms with Gasteiger partial charge in [0.2, 0.25) is 0 Å². The molecule has 0 spiro atoms. The average molecular weight is 457 g/mol. The lowest BCUT2D eigenvalue weighted by Gasteiger charge is -2.56. The summed E-state index contributed by atoms with van der Waals surface area (Å²) in [7, 11) is 3.46. The normalized spacial score (nSPS) is 25.9. The van der Waals surface area contributed by atoms with E-state index in [0.29, 0.717) is 29.8 Å². The lowest BCUT2D eigenvalue weighted by atomic mass is 9.67. The van der Waals surface area contributed by atoms with E-state index in [9.17, 15) is 0 Å². The first-order valence-electron chi connectivity index (χ1n) is 12.5. The molecule has 1 N–H and O–H groups in total. The molecule has 4 heteroatoms. The Morgan fingerprint density at radius 2 is 1.59 bits per heavy atom. The maximum absolute atomic E-state index is 5.67. The fourth-order valence-corrected chi connectivity index (χ4v) is 6.33. The molecule has 1 unspecified atom stereocenters. The summed E-state index contributed by atoms with van der Waals surface area (Å²) in [5.74, 6) is 3.43. The van der Waals surface area contributed by atoms with Gasteiger partial charge in [0.25, 0.3) is 0 Å². The van der Waals surface area contributed by atoms with Gasteiger partial charge in [-0.15, -0.1) is 0 Å². The van der Waals surface area contributed by atoms with E-state index < -0.39 is 0 Å². The summed E-state index contributed by atoms with van der Waals surface area (Å²) in [5, 5.41) is 4.02. The van der Waals surface area contributed by atoms with Gasteiger partial charge < -0.3 is 14.8 Å². The molecule has 34 heavy (non-hydrogen) atoms. The summed E-state index contributed by atoms with van der Waals surface area (Å²) in [6.45, 7) is 5.53. The molecule has 6 rings (SSSR count). The van der Waals surface area contributed by atoms with E-state index in [1.807, 2.05) is 12.1 Å². The molecule has 0 amide bonds. The Labute approximate surface area is 203 Å². The molecule has 5 atom stereocenters. The molecule has 0 aromatic heterocycles. The van der Waals surface area contributed by atoms with Gasteiger partial charge in [-0.1, -0.05) is 67.6 Å². The standard InChI is InChI=1S/C30H36N2O2/c1-21-20-32-17-16-26(21)29(31-19-24-18-25(33-2)14-15-27(24)34-3)30(32)28(22-10-6-4-7-11-22)23-12-8-5-9-13-23/h4-15,18,21,26,28-31H,16-17,19-20H2,1-3H3/t21-,26+,29-,30-/m1/s1. The van der Waals surface area contributed by atoms with Gasteiger partial charge in [-0.25, -0.2) is 0 Å². The zero-order chi connectivity index (χ0) is 23.5. The van der Waals surface area contributed by atoms with Crippen LogP contribution in [0.5, 0.6) is 11.5 Å². The van der Waals surface area contributed by atoms with Crippen LogP contribution in [0.1, 0.15) is 36.0 Å². The minimum Gasteiger partial charge on any atom is -0.497 e. The summed E-state index contributed by atoms with van der Waals surface area (Å²) in [4.78, 5) is 2.75. The highest BCUT2D eigenvalue weighted by Crippen LogP contribution is 2.44. The van der Waals surface area contributed by atoms with Gasteiger partial charge in [-0.2, -0.15) is 0 Å². The average Bonchev–Trinajstić information content (AvgIpc) is 2.89. The number of hydrogen-bond donors (Lipinski definition) is 1. The van der Waals surface area contributed by atoms with Crippen molar-refractivity contribution in [3.05, 3.63) is 95.6 Å². The molecule has 2 bridgehead atoms. The number of methoxy groups -OCH3 is 2. The summed E-state index contributed by atoms with van der Waals surface area (Å²) in [6, 6.07) is 29.0. The van der Waals surface area contributed by atoms with Crippen LogP contribution in [0.3, 0.4) is 0 Å². The van der Waals surface area contributed by atoms with E-state index in [2.05, 4.69) is 83.9 Å². The van der Waals surface area contributed by atoms with Crippen molar-refractivity contribution in [2.75, 3.05) is 27.3 Å². The predicted molar refractivity (Wildman–Crippen MR) is 138 cm³/mol. The minimum atomic E-state index is 0.322. The highest BCUT2D eigenvalue weighted by molar-refractivity contribution is 5.41. The monoisotopic (exact) mass is 456 g/mol. The number of nitrogens with one attached hydrogen (secondary N) is 1. The number of fused-ring (bicyclic) bond motifs is 3. The Morgan fingerprint density at radius 1 is 0.912 bits per heavy atom. The predicted octanol–water partition coefficient (Wildman–Crippen LogP) is 5.33. The van der Waals surface area contributed by atoms with Crippen LogP contribution < -0.4 is 14.8 Å². The number of nitrogens with zero attached hydrogens (tertiary/aromatic N) is 1. The van der Waals surface area contributed by atoms with Gasteiger partial charge in [0.15, 0.2) is 0 Å². The van der Waals surface area contributed by atoms with Crippen LogP contribution in [0.25, 0.3) is 0 Å². The zero-order valence-electron chi connectivity index (χ0n) is 20.5. The van der Waals surface area contributed by atoms with Crippen LogP contribution in [0.2, 0.25) is 0 Å². The Bertz CT molecular complexity index is 1030. The van der Waals surface area contributed by atoms with Crippen molar-refractivity contribution in [1.82, 2.24) is 10.2 Å². The number of rotatable bonds is 8. The number of benzene rings is 3. The maximum atomic E-state index is 5.67. The van der Waals surface area contributed by atoms with Gasteiger partial charge in [-0.05, 0) is 54.1 Å². The Hall–Kier alpha value is -2.82. The number of ether oxygens (including phenoxy) is 2. The fraction of sp³-hybridized carbons (Fsp3) is 0.400. The third-order valence-corrected chi connectivity index (χ3v) is 7.93. The summed E-state index contributed by atoms with van der Waals surface area (Å²) in [5.41, 5.74) is 3.93. The Balaban J connectivity index is 1.51. The summed E-state index contributed by atoms with van der Waals surface area (Å²) >= 11 is 0. The molecule has 3 aromatic carbocycles. The van der Waals surface area contributed by atoms with E-state index in [-0.39, 0.29) is 0 Å². The molecule has 0 saturated carbocycles. The van der Waals surface area contributed by atoms with Crippen molar-refractivity contribution in [2.24, 2.45) is 11.8 Å². The van der Waals surface area contributed by atoms with E-state index in [1.165, 1.54) is 30.6 Å². The van der Waals surface area contributed by atoms with Gasteiger partial charge >= 0.3 is 0 Å². The molecule has 3 saturated heterocycles. The van der Waals surface area contributed by atoms with Gasteiger partial charge in [0.1, 0.15) is 11.5 Å². The molecule has 3 aliphatic rings. The van der Waals surface area contributed by atoms with Crippen molar-refractivity contribution >= 4 is 0 Å². The zero-order valence-corrected chi connectivity index (χ0v) is 20.5. The van der Waals surface area contributed by atoms with E-state index in [4.69, 9.17) is 9.47 Å². The molecule has 3 aliphatic heterocycles. The second-order valence-corrected chi connectivity index (χ2v) is 9.80. The van der Waals surface area contributed by atoms with Crippen molar-refractivity contribution in [3.63, 3.8) is 0 Å². The number of hydrogen-bond acceptors (Lipinski definition) is 4. The highest BCUT2D eigenvalue weighted by Gasteiger charge is 2.49. The third-order valence-electron chi connectivity index (χ3n) is 7.93. The van der Waals surface area contributed by atoms with Crippen molar-refractivity contribution in [3.8, 4) is 11.5 Å². The lowest BCUT2D eigenvalue weighted by molar-refractivity contribution is -0.0311. The van der Waals surface area contributed by atoms with Gasteiger partial charge in [-0.3, -0.25) is 4.90 Å². The van der Waals surface area contributed by atoms with E-state index in [1.54, 1.807) is 14.2 Å². The van der Waals surface area contributed by atoms with Crippen LogP contribution in [-0.4, -0.2) is 44.3 Å². The van der Waals surface area contributed by atoms with Crippen LogP contribution >= 0.6 is 0 Å². The van der Waals surface area contributed by atoms with Crippen molar-refractivity contribution in [2.45, 2.75) is 37.9 Å². The SMILES string of the molecule is COc1ccc(OC)c(CN[C@@H]2[C@H]3CCN(C[C@H]3C)[C@@H]2C(c2ccccc2)c2ccccc2)c1. The molecule has 0 radical (unpaired) electrons. The maximum Gasteiger partial charge on any atom is 0.123 e. The fourth-order valence-electron chi connectivity index (χ4n) is 6.33. The highest BCUT2D eigenvalue weighted by atomic mass is 16.5. The second-order valence-electron chi connectivity index (χ2n) is 9.80. The summed E-state index contributed by atoms with van der Waals surface area (Å²) < 4.78 is 11.2. The lowest BCUT2D eigenvalue weighted by Crippen LogP contribution is -2.67. The van der Waals surface area contributed by atoms with E-state index >= 15 is 0 Å². The molecule has 3 heterocycles. The third kappa shape index (κ3) is 4.45. The number of piperidine rings is 3. The van der Waals surface area contributed by atoms with Crippen molar-refractivity contribution in [1.29, 1.82) is 0 Å². The minimum absolute atomic E-state index is 0.322. The van der Waals surface area contributed by atoms with E-state index in [0.717, 1.165) is 23.6 Å². The van der Waals surface area contributed by atoms with Gasteiger partial charge in [0, 0.05) is 36.7 Å². The molecule has 4 nitrogen and oxygen atoms in total. The smallest absolute Gasteiger partial charge is 0.123 e. The molecular formula is C30H36N2O2. The molecule has 0 aliphatic carbocycles. The largest absolute Gasteiger partial charge is 0.497 e. The van der Waals surface area contributed by atoms with Gasteiger partial charge in [0.05, 0.1) is 14.2 Å². The molecule has 3 fully saturated rings. The Kier molecular flexibility index (Phi) is 6.89. The topological polar surface area (TPSA) is 33.7 Å². The second kappa shape index (κ2) is 10.2. The molecule has 3 aromatic rings. The molecule has 178 valence electrons. The first kappa shape index (κ1) is 22.9. The Morgan fingerprint density at radius 3 is 2.18 bits per heavy atom. The van der Waals surface area contributed by atoms with Crippen molar-refractivity contribution < 1.29 is 9.47 Å². The first-order valence-corrected chi connectivity index (χ1v) is 12.5.